The van der Waals surface area contributed by atoms with Crippen LogP contribution in [0.1, 0.15) is 15.9 Å². The van der Waals surface area contributed by atoms with E-state index in [1.807, 2.05) is 31.2 Å². The van der Waals surface area contributed by atoms with Crippen molar-refractivity contribution >= 4 is 28.6 Å². The number of pyridine rings is 1. The Morgan fingerprint density at radius 2 is 1.83 bits per heavy atom. The van der Waals surface area contributed by atoms with E-state index in [1.54, 1.807) is 23.0 Å². The molecule has 5 aromatic rings. The minimum Gasteiger partial charge on any atom is -0.478 e. The normalized spacial score (nSPS) is 11.1. The molecule has 0 amide bonds. The number of hydrogen-bond acceptors (Lipinski definition) is 7. The number of aromatic carboxylic acids is 1. The maximum absolute atomic E-state index is 11.5. The standard InChI is InChI=1S/C20H15N7O3/c1-12-8-13(25-19-18-15(20(28)29)5-7-27(18)24-11-22-19)2-3-16(12)30-14-4-6-26-17(9-14)21-10-23-26/h2-11H,1H3,(H,28,29)(H,22,24,25). The monoisotopic (exact) mass is 401 g/mol. The molecule has 4 aromatic heterocycles. The quantitative estimate of drug-likeness (QED) is 0.460. The van der Waals surface area contributed by atoms with Crippen molar-refractivity contribution in [2.24, 2.45) is 0 Å². The van der Waals surface area contributed by atoms with Crippen molar-refractivity contribution in [1.29, 1.82) is 0 Å². The smallest absolute Gasteiger partial charge is 0.338 e. The van der Waals surface area contributed by atoms with Crippen LogP contribution < -0.4 is 10.1 Å². The zero-order valence-electron chi connectivity index (χ0n) is 15.7. The molecule has 0 radical (unpaired) electrons. The summed E-state index contributed by atoms with van der Waals surface area (Å²) in [4.78, 5) is 19.9. The van der Waals surface area contributed by atoms with E-state index in [2.05, 4.69) is 25.5 Å². The highest BCUT2D eigenvalue weighted by Gasteiger charge is 2.16. The molecule has 5 rings (SSSR count). The maximum Gasteiger partial charge on any atom is 0.338 e. The van der Waals surface area contributed by atoms with Crippen LogP contribution in [0.15, 0.2) is 61.4 Å². The Morgan fingerprint density at radius 1 is 1.03 bits per heavy atom. The van der Waals surface area contributed by atoms with Gasteiger partial charge >= 0.3 is 5.97 Å². The van der Waals surface area contributed by atoms with E-state index in [0.717, 1.165) is 11.3 Å². The predicted octanol–water partition coefficient (Wildman–Crippen LogP) is 3.31. The Hall–Kier alpha value is -4.47. The van der Waals surface area contributed by atoms with Crippen LogP contribution >= 0.6 is 0 Å². The van der Waals surface area contributed by atoms with E-state index in [-0.39, 0.29) is 5.56 Å². The predicted molar refractivity (Wildman–Crippen MR) is 107 cm³/mol. The van der Waals surface area contributed by atoms with Gasteiger partial charge in [0, 0.05) is 24.1 Å². The van der Waals surface area contributed by atoms with Gasteiger partial charge in [0.25, 0.3) is 0 Å². The number of anilines is 2. The summed E-state index contributed by atoms with van der Waals surface area (Å²) in [7, 11) is 0. The van der Waals surface area contributed by atoms with E-state index in [9.17, 15) is 9.90 Å². The third-order valence-electron chi connectivity index (χ3n) is 4.60. The lowest BCUT2D eigenvalue weighted by Crippen LogP contribution is -2.03. The molecule has 0 bridgehead atoms. The summed E-state index contributed by atoms with van der Waals surface area (Å²) in [6.45, 7) is 1.92. The van der Waals surface area contributed by atoms with Crippen LogP contribution in [0.3, 0.4) is 0 Å². The Labute approximate surface area is 169 Å². The van der Waals surface area contributed by atoms with Crippen molar-refractivity contribution in [2.75, 3.05) is 5.32 Å². The van der Waals surface area contributed by atoms with E-state index in [0.29, 0.717) is 28.5 Å². The average Bonchev–Trinajstić information content (AvgIpc) is 3.37. The lowest BCUT2D eigenvalue weighted by molar-refractivity contribution is 0.0699. The summed E-state index contributed by atoms with van der Waals surface area (Å²) in [5.74, 6) is 0.694. The van der Waals surface area contributed by atoms with Gasteiger partial charge in [-0.2, -0.15) is 10.2 Å². The first-order valence-corrected chi connectivity index (χ1v) is 8.99. The molecule has 0 aliphatic rings. The molecule has 148 valence electrons. The first kappa shape index (κ1) is 17.6. The molecular weight excluding hydrogens is 386 g/mol. The van der Waals surface area contributed by atoms with Gasteiger partial charge in [-0.1, -0.05) is 0 Å². The van der Waals surface area contributed by atoms with Gasteiger partial charge in [-0.05, 0) is 42.8 Å². The molecule has 0 aliphatic carbocycles. The molecule has 0 spiro atoms. The van der Waals surface area contributed by atoms with Crippen molar-refractivity contribution in [3.63, 3.8) is 0 Å². The molecule has 0 saturated carbocycles. The maximum atomic E-state index is 11.5. The number of nitrogens with one attached hydrogen (secondary N) is 1. The van der Waals surface area contributed by atoms with Gasteiger partial charge in [-0.25, -0.2) is 23.8 Å². The number of ether oxygens (including phenoxy) is 1. The van der Waals surface area contributed by atoms with Crippen molar-refractivity contribution < 1.29 is 14.6 Å². The number of carboxylic acids is 1. The largest absolute Gasteiger partial charge is 0.478 e. The molecule has 0 aliphatic heterocycles. The Morgan fingerprint density at radius 3 is 2.67 bits per heavy atom. The van der Waals surface area contributed by atoms with Crippen LogP contribution in [-0.4, -0.2) is 40.3 Å². The molecule has 0 saturated heterocycles. The number of carboxylic acid groups (broad SMARTS) is 1. The van der Waals surface area contributed by atoms with E-state index >= 15 is 0 Å². The Balaban J connectivity index is 1.43. The third kappa shape index (κ3) is 3.05. The van der Waals surface area contributed by atoms with Gasteiger partial charge in [-0.15, -0.1) is 0 Å². The van der Waals surface area contributed by atoms with Gasteiger partial charge in [0.15, 0.2) is 11.5 Å². The first-order chi connectivity index (χ1) is 14.6. The molecule has 1 aromatic carbocycles. The molecule has 0 fully saturated rings. The van der Waals surface area contributed by atoms with Gasteiger partial charge in [-0.3, -0.25) is 0 Å². The molecule has 10 heteroatoms. The summed E-state index contributed by atoms with van der Waals surface area (Å²) < 4.78 is 9.11. The van der Waals surface area contributed by atoms with Crippen molar-refractivity contribution in [2.45, 2.75) is 6.92 Å². The number of benzene rings is 1. The summed E-state index contributed by atoms with van der Waals surface area (Å²) in [6.07, 6.45) is 6.21. The summed E-state index contributed by atoms with van der Waals surface area (Å²) >= 11 is 0. The molecule has 2 N–H and O–H groups in total. The van der Waals surface area contributed by atoms with Crippen molar-refractivity contribution in [3.8, 4) is 11.5 Å². The number of aryl methyl sites for hydroxylation is 1. The van der Waals surface area contributed by atoms with Crippen molar-refractivity contribution in [1.82, 2.24) is 29.2 Å². The van der Waals surface area contributed by atoms with Crippen LogP contribution in [0.5, 0.6) is 11.5 Å². The number of rotatable bonds is 5. The van der Waals surface area contributed by atoms with Gasteiger partial charge in [0.2, 0.25) is 0 Å². The van der Waals surface area contributed by atoms with Crippen LogP contribution in [0.25, 0.3) is 11.2 Å². The van der Waals surface area contributed by atoms with Crippen LogP contribution in [0.2, 0.25) is 0 Å². The minimum absolute atomic E-state index is 0.124. The Bertz CT molecular complexity index is 1410. The second-order valence-corrected chi connectivity index (χ2v) is 6.57. The molecule has 4 heterocycles. The lowest BCUT2D eigenvalue weighted by Gasteiger charge is -2.12. The SMILES string of the molecule is Cc1cc(Nc2ncnn3ccc(C(=O)O)c23)ccc1Oc1ccn2ncnc2c1. The molecule has 10 nitrogen and oxygen atoms in total. The van der Waals surface area contributed by atoms with Gasteiger partial charge < -0.3 is 15.2 Å². The Kier molecular flexibility index (Phi) is 4.02. The number of nitrogens with zero attached hydrogens (tertiary/aromatic N) is 6. The summed E-state index contributed by atoms with van der Waals surface area (Å²) in [5.41, 5.74) is 2.84. The second-order valence-electron chi connectivity index (χ2n) is 6.57. The van der Waals surface area contributed by atoms with Crippen LogP contribution in [0.4, 0.5) is 11.5 Å². The zero-order valence-corrected chi connectivity index (χ0v) is 15.7. The fourth-order valence-electron chi connectivity index (χ4n) is 3.18. The molecular formula is C20H15N7O3. The van der Waals surface area contributed by atoms with Gasteiger partial charge in [0.05, 0.1) is 5.56 Å². The molecule has 0 unspecified atom stereocenters. The van der Waals surface area contributed by atoms with Gasteiger partial charge in [0.1, 0.15) is 29.7 Å². The van der Waals surface area contributed by atoms with Crippen molar-refractivity contribution in [3.05, 3.63) is 72.6 Å². The minimum atomic E-state index is -1.04. The zero-order chi connectivity index (χ0) is 20.7. The molecule has 30 heavy (non-hydrogen) atoms. The fraction of sp³-hybridized carbons (Fsp3) is 0.0500. The lowest BCUT2D eigenvalue weighted by atomic mass is 10.2. The van der Waals surface area contributed by atoms with Crippen LogP contribution in [0, 0.1) is 6.92 Å². The first-order valence-electron chi connectivity index (χ1n) is 8.99. The topological polar surface area (TPSA) is 119 Å². The summed E-state index contributed by atoms with van der Waals surface area (Å²) in [6, 6.07) is 10.7. The number of aromatic nitrogens is 6. The second kappa shape index (κ2) is 6.85. The summed E-state index contributed by atoms with van der Waals surface area (Å²) in [5, 5.41) is 20.7. The highest BCUT2D eigenvalue weighted by Crippen LogP contribution is 2.30. The van der Waals surface area contributed by atoms with E-state index in [1.165, 1.54) is 23.2 Å². The number of hydrogen-bond donors (Lipinski definition) is 2. The fourth-order valence-corrected chi connectivity index (χ4v) is 3.18. The average molecular weight is 401 g/mol. The number of carbonyl (C=O) groups is 1. The highest BCUT2D eigenvalue weighted by atomic mass is 16.5. The van der Waals surface area contributed by atoms with E-state index in [4.69, 9.17) is 4.74 Å². The molecule has 0 atom stereocenters. The number of fused-ring (bicyclic) bond motifs is 2. The highest BCUT2D eigenvalue weighted by molar-refractivity contribution is 5.99. The van der Waals surface area contributed by atoms with E-state index < -0.39 is 5.97 Å². The third-order valence-corrected chi connectivity index (χ3v) is 4.60. The van der Waals surface area contributed by atoms with Crippen LogP contribution in [-0.2, 0) is 0 Å².